The van der Waals surface area contributed by atoms with Crippen LogP contribution >= 0.6 is 0 Å². The van der Waals surface area contributed by atoms with Crippen LogP contribution in [0.15, 0.2) is 54.6 Å². The highest BCUT2D eigenvalue weighted by molar-refractivity contribution is 5.91. The molecule has 0 N–H and O–H groups in total. The van der Waals surface area contributed by atoms with Crippen LogP contribution in [0, 0.1) is 0 Å². The van der Waals surface area contributed by atoms with E-state index in [0.717, 1.165) is 29.8 Å². The third kappa shape index (κ3) is 4.54. The SMILES string of the molecule is O=C/C=C/c1ccc(OC(=O)c2ccc(C(F)(F)F)cc2)cc1. The molecule has 0 atom stereocenters. The normalized spacial score (nSPS) is 11.4. The van der Waals surface area contributed by atoms with Gasteiger partial charge in [0.05, 0.1) is 11.1 Å². The second-order valence-electron chi connectivity index (χ2n) is 4.53. The van der Waals surface area contributed by atoms with Gasteiger partial charge >= 0.3 is 12.1 Å². The summed E-state index contributed by atoms with van der Waals surface area (Å²) in [6.45, 7) is 0. The number of carbonyl (C=O) groups is 2. The molecule has 0 bridgehead atoms. The molecule has 0 aliphatic heterocycles. The van der Waals surface area contributed by atoms with Gasteiger partial charge in [0.2, 0.25) is 0 Å². The molecule has 0 aromatic heterocycles. The van der Waals surface area contributed by atoms with Crippen LogP contribution in [0.5, 0.6) is 5.75 Å². The van der Waals surface area contributed by atoms with Gasteiger partial charge in [0.1, 0.15) is 12.0 Å². The van der Waals surface area contributed by atoms with Gasteiger partial charge in [-0.25, -0.2) is 4.79 Å². The van der Waals surface area contributed by atoms with Gasteiger partial charge < -0.3 is 4.74 Å². The summed E-state index contributed by atoms with van der Waals surface area (Å²) in [6, 6.07) is 10.1. The van der Waals surface area contributed by atoms with E-state index in [-0.39, 0.29) is 11.3 Å². The molecule has 0 saturated heterocycles. The third-order valence-corrected chi connectivity index (χ3v) is 2.91. The Morgan fingerprint density at radius 2 is 1.57 bits per heavy atom. The quantitative estimate of drug-likeness (QED) is 0.368. The van der Waals surface area contributed by atoms with Crippen molar-refractivity contribution < 1.29 is 27.5 Å². The lowest BCUT2D eigenvalue weighted by Gasteiger charge is -2.08. The number of carbonyl (C=O) groups excluding carboxylic acids is 2. The lowest BCUT2D eigenvalue weighted by atomic mass is 10.1. The fraction of sp³-hybridized carbons (Fsp3) is 0.0588. The molecule has 6 heteroatoms. The van der Waals surface area contributed by atoms with Gasteiger partial charge in [-0.1, -0.05) is 18.2 Å². The summed E-state index contributed by atoms with van der Waals surface area (Å²) in [5.41, 5.74) is -0.0743. The van der Waals surface area contributed by atoms with Gasteiger partial charge in [-0.2, -0.15) is 13.2 Å². The maximum absolute atomic E-state index is 12.5. The number of hydrogen-bond acceptors (Lipinski definition) is 3. The van der Waals surface area contributed by atoms with E-state index in [1.54, 1.807) is 18.2 Å². The molecule has 2 aromatic carbocycles. The highest BCUT2D eigenvalue weighted by atomic mass is 19.4. The summed E-state index contributed by atoms with van der Waals surface area (Å²) < 4.78 is 42.4. The number of halogens is 3. The van der Waals surface area contributed by atoms with Gasteiger partial charge in [0.15, 0.2) is 0 Å². The Kier molecular flexibility index (Phi) is 4.95. The first-order valence-corrected chi connectivity index (χ1v) is 6.51. The van der Waals surface area contributed by atoms with Crippen molar-refractivity contribution in [2.24, 2.45) is 0 Å². The van der Waals surface area contributed by atoms with E-state index < -0.39 is 17.7 Å². The minimum absolute atomic E-state index is 0.0166. The van der Waals surface area contributed by atoms with Crippen LogP contribution in [0.3, 0.4) is 0 Å². The number of esters is 1. The molecule has 23 heavy (non-hydrogen) atoms. The highest BCUT2D eigenvalue weighted by Gasteiger charge is 2.30. The number of benzene rings is 2. The Labute approximate surface area is 130 Å². The van der Waals surface area contributed by atoms with Gasteiger partial charge in [0, 0.05) is 0 Å². The van der Waals surface area contributed by atoms with Gasteiger partial charge in [-0.05, 0) is 48.0 Å². The smallest absolute Gasteiger partial charge is 0.416 e. The zero-order valence-electron chi connectivity index (χ0n) is 11.7. The van der Waals surface area contributed by atoms with Crippen LogP contribution in [0.2, 0.25) is 0 Å². The van der Waals surface area contributed by atoms with Crippen molar-refractivity contribution in [1.29, 1.82) is 0 Å². The monoisotopic (exact) mass is 320 g/mol. The van der Waals surface area contributed by atoms with Crippen LogP contribution in [-0.4, -0.2) is 12.3 Å². The molecule has 3 nitrogen and oxygen atoms in total. The lowest BCUT2D eigenvalue weighted by Crippen LogP contribution is -2.10. The van der Waals surface area contributed by atoms with Crippen molar-refractivity contribution in [3.05, 3.63) is 71.3 Å². The van der Waals surface area contributed by atoms with Gasteiger partial charge in [-0.3, -0.25) is 4.79 Å². The number of aldehydes is 1. The van der Waals surface area contributed by atoms with Crippen molar-refractivity contribution >= 4 is 18.3 Å². The summed E-state index contributed by atoms with van der Waals surface area (Å²) in [7, 11) is 0. The zero-order valence-corrected chi connectivity index (χ0v) is 11.7. The molecule has 0 aliphatic rings. The van der Waals surface area contributed by atoms with Gasteiger partial charge in [-0.15, -0.1) is 0 Å². The van der Waals surface area contributed by atoms with E-state index in [1.165, 1.54) is 18.2 Å². The topological polar surface area (TPSA) is 43.4 Å². The second-order valence-corrected chi connectivity index (χ2v) is 4.53. The average Bonchev–Trinajstić information content (AvgIpc) is 2.53. The van der Waals surface area contributed by atoms with Crippen LogP contribution in [-0.2, 0) is 11.0 Å². The van der Waals surface area contributed by atoms with E-state index in [2.05, 4.69) is 0 Å². The Morgan fingerprint density at radius 1 is 0.957 bits per heavy atom. The fourth-order valence-corrected chi connectivity index (χ4v) is 1.76. The molecule has 0 fully saturated rings. The lowest BCUT2D eigenvalue weighted by molar-refractivity contribution is -0.137. The fourth-order valence-electron chi connectivity index (χ4n) is 1.76. The molecule has 2 rings (SSSR count). The molecule has 0 amide bonds. The maximum Gasteiger partial charge on any atom is 0.416 e. The van der Waals surface area contributed by atoms with Crippen LogP contribution in [0.25, 0.3) is 6.08 Å². The predicted molar refractivity (Wildman–Crippen MR) is 77.9 cm³/mol. The van der Waals surface area contributed by atoms with Crippen molar-refractivity contribution in [3.8, 4) is 5.75 Å². The molecule has 2 aromatic rings. The number of alkyl halides is 3. The summed E-state index contributed by atoms with van der Waals surface area (Å²) in [5, 5.41) is 0. The van der Waals surface area contributed by atoms with Crippen molar-refractivity contribution in [2.45, 2.75) is 6.18 Å². The average molecular weight is 320 g/mol. The molecule has 0 heterocycles. The maximum atomic E-state index is 12.5. The van der Waals surface area contributed by atoms with Crippen molar-refractivity contribution in [3.63, 3.8) is 0 Å². The first-order chi connectivity index (χ1) is 10.9. The largest absolute Gasteiger partial charge is 0.423 e. The molecule has 118 valence electrons. The van der Waals surface area contributed by atoms with E-state index in [0.29, 0.717) is 6.29 Å². The molecule has 0 unspecified atom stereocenters. The van der Waals surface area contributed by atoms with Crippen molar-refractivity contribution in [1.82, 2.24) is 0 Å². The first kappa shape index (κ1) is 16.5. The minimum Gasteiger partial charge on any atom is -0.423 e. The number of hydrogen-bond donors (Lipinski definition) is 0. The second kappa shape index (κ2) is 6.91. The summed E-state index contributed by atoms with van der Waals surface area (Å²) >= 11 is 0. The standard InChI is InChI=1S/C17H11F3O3/c18-17(19,20)14-7-5-13(6-8-14)16(22)23-15-9-3-12(4-10-15)2-1-11-21/h1-11H/b2-1+. The Hall–Kier alpha value is -2.89. The van der Waals surface area contributed by atoms with Crippen LogP contribution < -0.4 is 4.74 Å². The summed E-state index contributed by atoms with van der Waals surface area (Å²) in [4.78, 5) is 22.1. The van der Waals surface area contributed by atoms with Crippen LogP contribution in [0.1, 0.15) is 21.5 Å². The Bertz CT molecular complexity index is 714. The third-order valence-electron chi connectivity index (χ3n) is 2.91. The molecular formula is C17H11F3O3. The Morgan fingerprint density at radius 3 is 2.09 bits per heavy atom. The molecular weight excluding hydrogens is 309 g/mol. The molecule has 0 radical (unpaired) electrons. The summed E-state index contributed by atoms with van der Waals surface area (Å²) in [6.07, 6.45) is -0.913. The van der Waals surface area contributed by atoms with E-state index in [4.69, 9.17) is 4.74 Å². The van der Waals surface area contributed by atoms with E-state index >= 15 is 0 Å². The molecule has 0 spiro atoms. The van der Waals surface area contributed by atoms with Crippen molar-refractivity contribution in [2.75, 3.05) is 0 Å². The first-order valence-electron chi connectivity index (χ1n) is 6.51. The molecule has 0 saturated carbocycles. The number of ether oxygens (including phenoxy) is 1. The number of allylic oxidation sites excluding steroid dienone is 1. The molecule has 0 aliphatic carbocycles. The number of rotatable bonds is 4. The zero-order chi connectivity index (χ0) is 16.9. The highest BCUT2D eigenvalue weighted by Crippen LogP contribution is 2.29. The van der Waals surface area contributed by atoms with Crippen LogP contribution in [0.4, 0.5) is 13.2 Å². The van der Waals surface area contributed by atoms with E-state index in [1.807, 2.05) is 0 Å². The Balaban J connectivity index is 2.06. The van der Waals surface area contributed by atoms with E-state index in [9.17, 15) is 22.8 Å². The predicted octanol–water partition coefficient (Wildman–Crippen LogP) is 4.14. The minimum atomic E-state index is -4.45. The summed E-state index contributed by atoms with van der Waals surface area (Å²) in [5.74, 6) is -0.506. The van der Waals surface area contributed by atoms with Gasteiger partial charge in [0.25, 0.3) is 0 Å².